The predicted octanol–water partition coefficient (Wildman–Crippen LogP) is 7.95. The van der Waals surface area contributed by atoms with Gasteiger partial charge in [0, 0.05) is 17.4 Å². The Morgan fingerprint density at radius 1 is 0.971 bits per heavy atom. The van der Waals surface area contributed by atoms with E-state index in [1.807, 2.05) is 42.5 Å². The van der Waals surface area contributed by atoms with E-state index in [1.165, 1.54) is 5.56 Å². The van der Waals surface area contributed by atoms with Gasteiger partial charge in [0.2, 0.25) is 0 Å². The number of benzene rings is 2. The van der Waals surface area contributed by atoms with Crippen molar-refractivity contribution in [2.75, 3.05) is 4.90 Å². The van der Waals surface area contributed by atoms with Crippen LogP contribution in [0.3, 0.4) is 0 Å². The quantitative estimate of drug-likeness (QED) is 0.277. The number of rotatable bonds is 5. The molecule has 2 aromatic heterocycles. The Morgan fingerprint density at radius 3 is 2.44 bits per heavy atom. The molecule has 1 aliphatic heterocycles. The van der Waals surface area contributed by atoms with Gasteiger partial charge in [-0.3, -0.25) is 4.98 Å². The largest absolute Gasteiger partial charge is 0.459 e. The second-order valence-corrected chi connectivity index (χ2v) is 9.77. The van der Waals surface area contributed by atoms with Crippen molar-refractivity contribution in [1.29, 1.82) is 0 Å². The Hall–Kier alpha value is -2.86. The Bertz CT molecular complexity index is 1320. The van der Waals surface area contributed by atoms with Gasteiger partial charge in [0.15, 0.2) is 5.11 Å². The van der Waals surface area contributed by atoms with Crippen molar-refractivity contribution in [3.8, 4) is 11.3 Å². The summed E-state index contributed by atoms with van der Waals surface area (Å²) in [7, 11) is 0. The number of nitrogens with zero attached hydrogens (tertiary/aromatic N) is 2. The van der Waals surface area contributed by atoms with Crippen LogP contribution >= 0.6 is 35.4 Å². The van der Waals surface area contributed by atoms with Crippen molar-refractivity contribution in [2.45, 2.75) is 31.8 Å². The Kier molecular flexibility index (Phi) is 6.34. The van der Waals surface area contributed by atoms with Crippen LogP contribution in [-0.2, 0) is 0 Å². The highest BCUT2D eigenvalue weighted by molar-refractivity contribution is 7.80. The van der Waals surface area contributed by atoms with Gasteiger partial charge in [0.05, 0.1) is 21.8 Å². The molecule has 0 spiro atoms. The molecule has 172 valence electrons. The summed E-state index contributed by atoms with van der Waals surface area (Å²) < 4.78 is 6.39. The molecular weight excluding hydrogens is 485 g/mol. The molecule has 1 aliphatic rings. The summed E-state index contributed by atoms with van der Waals surface area (Å²) in [5.74, 6) is 1.94. The zero-order chi connectivity index (χ0) is 23.8. The maximum absolute atomic E-state index is 6.39. The topological polar surface area (TPSA) is 41.3 Å². The van der Waals surface area contributed by atoms with E-state index >= 15 is 0 Å². The molecule has 0 amide bonds. The van der Waals surface area contributed by atoms with Crippen LogP contribution < -0.4 is 10.2 Å². The van der Waals surface area contributed by atoms with Crippen molar-refractivity contribution >= 4 is 46.2 Å². The molecule has 1 N–H and O–H groups in total. The summed E-state index contributed by atoms with van der Waals surface area (Å²) >= 11 is 18.1. The summed E-state index contributed by atoms with van der Waals surface area (Å²) in [5, 5.41) is 5.09. The zero-order valence-electron chi connectivity index (χ0n) is 18.7. The van der Waals surface area contributed by atoms with Gasteiger partial charge in [-0.2, -0.15) is 0 Å². The van der Waals surface area contributed by atoms with E-state index in [4.69, 9.17) is 39.8 Å². The number of thiocarbonyl (C=S) groups is 1. The van der Waals surface area contributed by atoms with Gasteiger partial charge in [0.1, 0.15) is 17.6 Å². The van der Waals surface area contributed by atoms with Crippen molar-refractivity contribution in [1.82, 2.24) is 10.3 Å². The highest BCUT2D eigenvalue weighted by atomic mass is 35.5. The van der Waals surface area contributed by atoms with Gasteiger partial charge in [-0.1, -0.05) is 55.2 Å². The SMILES string of the molecule is CC(C)c1ccc(N2C(=S)N[C@H](c3ccccn3)[C@H]2c2ccc(-c3ccc(Cl)c(Cl)c3)o2)cc1. The van der Waals surface area contributed by atoms with Gasteiger partial charge in [-0.25, -0.2) is 0 Å². The second kappa shape index (κ2) is 9.41. The molecule has 0 aliphatic carbocycles. The summed E-state index contributed by atoms with van der Waals surface area (Å²) in [6.07, 6.45) is 1.79. The van der Waals surface area contributed by atoms with E-state index in [1.54, 1.807) is 12.3 Å². The number of hydrogen-bond acceptors (Lipinski definition) is 3. The van der Waals surface area contributed by atoms with Gasteiger partial charge in [-0.15, -0.1) is 0 Å². The summed E-state index contributed by atoms with van der Waals surface area (Å²) in [5.41, 5.74) is 4.03. The first-order chi connectivity index (χ1) is 16.4. The zero-order valence-corrected chi connectivity index (χ0v) is 21.0. The lowest BCUT2D eigenvalue weighted by atomic mass is 10.0. The number of nitrogens with one attached hydrogen (secondary N) is 1. The van der Waals surface area contributed by atoms with Crippen molar-refractivity contribution < 1.29 is 4.42 Å². The maximum Gasteiger partial charge on any atom is 0.174 e. The van der Waals surface area contributed by atoms with E-state index < -0.39 is 0 Å². The van der Waals surface area contributed by atoms with Crippen molar-refractivity contribution in [3.05, 3.63) is 106 Å². The minimum absolute atomic E-state index is 0.175. The minimum atomic E-state index is -0.219. The number of hydrogen-bond donors (Lipinski definition) is 1. The summed E-state index contributed by atoms with van der Waals surface area (Å²) in [6, 6.07) is 23.4. The molecule has 2 aromatic carbocycles. The molecule has 1 saturated heterocycles. The fourth-order valence-electron chi connectivity index (χ4n) is 4.26. The fourth-order valence-corrected chi connectivity index (χ4v) is 4.90. The monoisotopic (exact) mass is 507 g/mol. The van der Waals surface area contributed by atoms with Crippen LogP contribution in [0.4, 0.5) is 5.69 Å². The Balaban J connectivity index is 1.57. The number of halogens is 2. The third kappa shape index (κ3) is 4.31. The van der Waals surface area contributed by atoms with Crippen LogP contribution in [0.5, 0.6) is 0 Å². The number of pyridine rings is 1. The van der Waals surface area contributed by atoms with Crippen LogP contribution in [0.15, 0.2) is 83.4 Å². The average Bonchev–Trinajstić information content (AvgIpc) is 3.46. The van der Waals surface area contributed by atoms with E-state index in [9.17, 15) is 0 Å². The number of anilines is 1. The molecule has 4 aromatic rings. The second-order valence-electron chi connectivity index (χ2n) is 8.57. The lowest BCUT2D eigenvalue weighted by molar-refractivity contribution is 0.439. The molecule has 2 atom stereocenters. The molecule has 0 saturated carbocycles. The standard InChI is InChI=1S/C27H23Cl2N3OS/c1-16(2)17-6-9-19(10-7-17)32-26(25(31-27(32)34)22-5-3-4-14-30-22)24-13-12-23(33-24)18-8-11-20(28)21(29)15-18/h3-16,25-26H,1-2H3,(H,31,34)/t25-,26-/m1/s1. The molecule has 0 bridgehead atoms. The van der Waals surface area contributed by atoms with Crippen LogP contribution in [-0.4, -0.2) is 10.1 Å². The number of furan rings is 1. The fraction of sp³-hybridized carbons (Fsp3) is 0.185. The van der Waals surface area contributed by atoms with Gasteiger partial charge >= 0.3 is 0 Å². The van der Waals surface area contributed by atoms with Crippen molar-refractivity contribution in [2.24, 2.45) is 0 Å². The number of aromatic nitrogens is 1. The Labute approximate surface area is 214 Å². The van der Waals surface area contributed by atoms with Gasteiger partial charge in [0.25, 0.3) is 0 Å². The van der Waals surface area contributed by atoms with E-state index in [-0.39, 0.29) is 12.1 Å². The predicted molar refractivity (Wildman–Crippen MR) is 143 cm³/mol. The van der Waals surface area contributed by atoms with Crippen molar-refractivity contribution in [3.63, 3.8) is 0 Å². The molecule has 1 fully saturated rings. The summed E-state index contributed by atoms with van der Waals surface area (Å²) in [6.45, 7) is 4.37. The van der Waals surface area contributed by atoms with Crippen LogP contribution in [0.2, 0.25) is 10.0 Å². The highest BCUT2D eigenvalue weighted by Crippen LogP contribution is 2.43. The molecular formula is C27H23Cl2N3OS. The Morgan fingerprint density at radius 2 is 1.76 bits per heavy atom. The molecule has 5 rings (SSSR count). The molecule has 0 radical (unpaired) electrons. The highest BCUT2D eigenvalue weighted by Gasteiger charge is 2.42. The van der Waals surface area contributed by atoms with E-state index in [0.717, 1.165) is 22.7 Å². The first kappa shape index (κ1) is 22.9. The third-order valence-corrected chi connectivity index (χ3v) is 7.11. The van der Waals surface area contributed by atoms with Crippen LogP contribution in [0, 0.1) is 0 Å². The van der Waals surface area contributed by atoms with Crippen LogP contribution in [0.1, 0.15) is 48.9 Å². The maximum atomic E-state index is 6.39. The smallest absolute Gasteiger partial charge is 0.174 e. The summed E-state index contributed by atoms with van der Waals surface area (Å²) in [4.78, 5) is 6.71. The average molecular weight is 508 g/mol. The minimum Gasteiger partial charge on any atom is -0.459 e. The molecule has 7 heteroatoms. The normalized spacial score (nSPS) is 17.9. The first-order valence-corrected chi connectivity index (χ1v) is 12.2. The van der Waals surface area contributed by atoms with Crippen LogP contribution in [0.25, 0.3) is 11.3 Å². The lowest BCUT2D eigenvalue weighted by Crippen LogP contribution is -2.29. The lowest BCUT2D eigenvalue weighted by Gasteiger charge is -2.26. The van der Waals surface area contributed by atoms with Gasteiger partial charge in [-0.05, 0) is 78.3 Å². The molecule has 0 unspecified atom stereocenters. The van der Waals surface area contributed by atoms with E-state index in [2.05, 4.69) is 53.3 Å². The first-order valence-electron chi connectivity index (χ1n) is 11.1. The van der Waals surface area contributed by atoms with Gasteiger partial charge < -0.3 is 14.6 Å². The third-order valence-electron chi connectivity index (χ3n) is 6.06. The molecule has 4 nitrogen and oxygen atoms in total. The van der Waals surface area contributed by atoms with E-state index in [0.29, 0.717) is 26.8 Å². The molecule has 3 heterocycles. The molecule has 34 heavy (non-hydrogen) atoms.